The van der Waals surface area contributed by atoms with Crippen molar-refractivity contribution in [2.45, 2.75) is 203 Å². The molecule has 11 atom stereocenters. The third-order valence-corrected chi connectivity index (χ3v) is 11.3. The summed E-state index contributed by atoms with van der Waals surface area (Å²) >= 11 is 0. The number of aliphatic hydroxyl groups is 7. The van der Waals surface area contributed by atoms with Crippen molar-refractivity contribution in [2.24, 2.45) is 0 Å². The fraction of sp³-hybridized carbons (Fsp3) is 0.685. The number of carbonyl (C=O) groups excluding carboxylic acids is 1. The van der Waals surface area contributed by atoms with Crippen LogP contribution in [0, 0.1) is 0 Å². The molecule has 2 aliphatic heterocycles. The van der Waals surface area contributed by atoms with Crippen molar-refractivity contribution in [3.8, 4) is 0 Å². The highest BCUT2D eigenvalue weighted by atomic mass is 16.7. The molecule has 2 fully saturated rings. The highest BCUT2D eigenvalue weighted by Crippen LogP contribution is 2.26. The molecular formula is C54H88O14. The van der Waals surface area contributed by atoms with Crippen molar-refractivity contribution in [1.29, 1.82) is 0 Å². The SMILES string of the molecule is CC/C=C\C/C=C\C/C=C\C/C=C\C/C=C\C/C=C\CCC(=O)OC(COCCCCCCCC/C=C\C/C=C\CCCC)COC1OC(COC2OC(CO)C(O)C(O)C2O)C(O)C(O)C1O. The first kappa shape index (κ1) is 61.0. The van der Waals surface area contributed by atoms with E-state index in [1.165, 1.54) is 25.7 Å². The van der Waals surface area contributed by atoms with Crippen LogP contribution in [0.25, 0.3) is 0 Å². The third-order valence-electron chi connectivity index (χ3n) is 11.3. The minimum Gasteiger partial charge on any atom is -0.457 e. The zero-order valence-corrected chi connectivity index (χ0v) is 41.0. The monoisotopic (exact) mass is 961 g/mol. The Morgan fingerprint density at radius 2 is 0.956 bits per heavy atom. The number of esters is 1. The summed E-state index contributed by atoms with van der Waals surface area (Å²) in [6.45, 7) is 3.37. The number of allylic oxidation sites excluding steroid dienone is 16. The molecule has 0 saturated carbocycles. The Bertz CT molecular complexity index is 1490. The van der Waals surface area contributed by atoms with Gasteiger partial charge in [0, 0.05) is 13.0 Å². The Morgan fingerprint density at radius 3 is 1.50 bits per heavy atom. The van der Waals surface area contributed by atoms with Crippen molar-refractivity contribution in [3.63, 3.8) is 0 Å². The normalized spacial score (nSPS) is 26.7. The molecular weight excluding hydrogens is 873 g/mol. The second-order valence-electron chi connectivity index (χ2n) is 17.3. The Kier molecular flexibility index (Phi) is 36.5. The van der Waals surface area contributed by atoms with Crippen LogP contribution in [0.1, 0.15) is 136 Å². The van der Waals surface area contributed by atoms with Gasteiger partial charge in [0.15, 0.2) is 12.6 Å². The van der Waals surface area contributed by atoms with Gasteiger partial charge in [-0.25, -0.2) is 0 Å². The Labute approximate surface area is 407 Å². The van der Waals surface area contributed by atoms with Crippen molar-refractivity contribution in [3.05, 3.63) is 97.2 Å². The summed E-state index contributed by atoms with van der Waals surface area (Å²) in [4.78, 5) is 13.0. The maximum atomic E-state index is 13.0. The van der Waals surface area contributed by atoms with Crippen LogP contribution < -0.4 is 0 Å². The maximum Gasteiger partial charge on any atom is 0.306 e. The predicted octanol–water partition coefficient (Wildman–Crippen LogP) is 7.46. The van der Waals surface area contributed by atoms with Crippen molar-refractivity contribution >= 4 is 5.97 Å². The smallest absolute Gasteiger partial charge is 0.306 e. The minimum absolute atomic E-state index is 0.0173. The van der Waals surface area contributed by atoms with Gasteiger partial charge in [0.2, 0.25) is 0 Å². The van der Waals surface area contributed by atoms with Crippen molar-refractivity contribution in [1.82, 2.24) is 0 Å². The average molecular weight is 961 g/mol. The number of ether oxygens (including phenoxy) is 6. The summed E-state index contributed by atoms with van der Waals surface area (Å²) in [7, 11) is 0. The van der Waals surface area contributed by atoms with Gasteiger partial charge in [-0.1, -0.05) is 150 Å². The average Bonchev–Trinajstić information content (AvgIpc) is 3.33. The first-order chi connectivity index (χ1) is 33.1. The van der Waals surface area contributed by atoms with Crippen molar-refractivity contribution < 1.29 is 69.0 Å². The van der Waals surface area contributed by atoms with Gasteiger partial charge >= 0.3 is 5.97 Å². The lowest BCUT2D eigenvalue weighted by atomic mass is 9.98. The van der Waals surface area contributed by atoms with E-state index >= 15 is 0 Å². The van der Waals surface area contributed by atoms with Gasteiger partial charge in [-0.3, -0.25) is 4.79 Å². The molecule has 0 spiro atoms. The molecule has 0 aromatic heterocycles. The van der Waals surface area contributed by atoms with Crippen LogP contribution in [0.4, 0.5) is 0 Å². The van der Waals surface area contributed by atoms with Crippen LogP contribution in [-0.2, 0) is 33.2 Å². The molecule has 0 amide bonds. The molecule has 14 heteroatoms. The third kappa shape index (κ3) is 27.9. The number of rotatable bonds is 38. The standard InChI is InChI=1S/C54H88O14/c1-3-5-7-9-11-13-15-17-19-20-21-22-23-25-27-29-31-33-35-37-46(56)66-43(40-63-38-36-34-32-30-28-26-24-18-16-14-12-10-8-6-4-2)41-64-53-52(62)50(60)48(58)45(68-53)42-65-54-51(61)49(59)47(57)44(39-55)67-54/h5,7,10-13,16-19,21-22,25,27,31,33,43-45,47-55,57-62H,3-4,6,8-9,14-15,20,23-24,26,28-30,32,34-42H2,1-2H3/b7-5-,12-10-,13-11-,18-16-,19-17-,22-21-,27-25-,33-31-. The molecule has 2 heterocycles. The van der Waals surface area contributed by atoms with E-state index in [-0.39, 0.29) is 19.6 Å². The van der Waals surface area contributed by atoms with E-state index in [0.717, 1.165) is 83.5 Å². The van der Waals surface area contributed by atoms with Gasteiger partial charge in [0.25, 0.3) is 0 Å². The summed E-state index contributed by atoms with van der Waals surface area (Å²) in [5.74, 6) is -0.466. The molecule has 2 rings (SSSR count). The fourth-order valence-electron chi connectivity index (χ4n) is 7.21. The summed E-state index contributed by atoms with van der Waals surface area (Å²) in [6.07, 6.45) is 36.2. The molecule has 0 aromatic rings. The first-order valence-corrected chi connectivity index (χ1v) is 25.3. The van der Waals surface area contributed by atoms with Gasteiger partial charge in [-0.15, -0.1) is 0 Å². The molecule has 0 aromatic carbocycles. The lowest BCUT2D eigenvalue weighted by molar-refractivity contribution is -0.332. The van der Waals surface area contributed by atoms with Crippen molar-refractivity contribution in [2.75, 3.05) is 33.0 Å². The molecule has 11 unspecified atom stereocenters. The van der Waals surface area contributed by atoms with Gasteiger partial charge in [0.05, 0.1) is 26.4 Å². The summed E-state index contributed by atoms with van der Waals surface area (Å²) < 4.78 is 34.1. The molecule has 2 aliphatic rings. The minimum atomic E-state index is -1.73. The van der Waals surface area contributed by atoms with Gasteiger partial charge < -0.3 is 64.2 Å². The number of unbranched alkanes of at least 4 members (excludes halogenated alkanes) is 8. The molecule has 388 valence electrons. The largest absolute Gasteiger partial charge is 0.457 e. The number of carbonyl (C=O) groups is 1. The van der Waals surface area contributed by atoms with E-state index in [2.05, 4.69) is 98.9 Å². The van der Waals surface area contributed by atoms with Gasteiger partial charge in [-0.2, -0.15) is 0 Å². The fourth-order valence-corrected chi connectivity index (χ4v) is 7.21. The number of hydrogen-bond donors (Lipinski definition) is 7. The molecule has 0 bridgehead atoms. The van der Waals surface area contributed by atoms with E-state index in [1.54, 1.807) is 0 Å². The molecule has 0 aliphatic carbocycles. The quantitative estimate of drug-likeness (QED) is 0.0182. The number of hydrogen-bond acceptors (Lipinski definition) is 14. The van der Waals surface area contributed by atoms with Gasteiger partial charge in [-0.05, 0) is 77.0 Å². The molecule has 14 nitrogen and oxygen atoms in total. The Hall–Kier alpha value is -3.09. The highest BCUT2D eigenvalue weighted by Gasteiger charge is 2.47. The van der Waals surface area contributed by atoms with E-state index in [1.807, 2.05) is 12.2 Å². The lowest BCUT2D eigenvalue weighted by Crippen LogP contribution is -2.61. The van der Waals surface area contributed by atoms with Crippen LogP contribution in [0.5, 0.6) is 0 Å². The highest BCUT2D eigenvalue weighted by molar-refractivity contribution is 5.69. The van der Waals surface area contributed by atoms with Crippen LogP contribution >= 0.6 is 0 Å². The first-order valence-electron chi connectivity index (χ1n) is 25.3. The van der Waals surface area contributed by atoms with E-state index in [9.17, 15) is 40.5 Å². The molecule has 7 N–H and O–H groups in total. The predicted molar refractivity (Wildman–Crippen MR) is 265 cm³/mol. The Morgan fingerprint density at radius 1 is 0.500 bits per heavy atom. The zero-order valence-electron chi connectivity index (χ0n) is 41.0. The lowest BCUT2D eigenvalue weighted by Gasteiger charge is -2.42. The van der Waals surface area contributed by atoms with E-state index < -0.39 is 86.7 Å². The Balaban J connectivity index is 1.82. The van der Waals surface area contributed by atoms with Crippen LogP contribution in [0.3, 0.4) is 0 Å². The topological polar surface area (TPSA) is 214 Å². The van der Waals surface area contributed by atoms with E-state index in [4.69, 9.17) is 28.4 Å². The van der Waals surface area contributed by atoms with Gasteiger partial charge in [0.1, 0.15) is 54.9 Å². The molecule has 68 heavy (non-hydrogen) atoms. The van der Waals surface area contributed by atoms with E-state index in [0.29, 0.717) is 13.0 Å². The number of aliphatic hydroxyl groups excluding tert-OH is 7. The maximum absolute atomic E-state index is 13.0. The van der Waals surface area contributed by atoms with Crippen LogP contribution in [-0.4, -0.2) is 142 Å². The zero-order chi connectivity index (χ0) is 49.5. The second-order valence-corrected chi connectivity index (χ2v) is 17.3. The molecule has 2 saturated heterocycles. The summed E-state index contributed by atoms with van der Waals surface area (Å²) in [5, 5.41) is 72.1. The summed E-state index contributed by atoms with van der Waals surface area (Å²) in [6, 6.07) is 0. The molecule has 0 radical (unpaired) electrons. The summed E-state index contributed by atoms with van der Waals surface area (Å²) in [5.41, 5.74) is 0. The van der Waals surface area contributed by atoms with Crippen LogP contribution in [0.2, 0.25) is 0 Å². The second kappa shape index (κ2) is 40.6. The van der Waals surface area contributed by atoms with Crippen LogP contribution in [0.15, 0.2) is 97.2 Å².